The summed E-state index contributed by atoms with van der Waals surface area (Å²) in [5.41, 5.74) is 11.1. The Morgan fingerprint density at radius 2 is 1.85 bits per heavy atom. The van der Waals surface area contributed by atoms with E-state index in [0.717, 1.165) is 18.5 Å². The molecule has 0 saturated heterocycles. The molecule has 1 aromatic heterocycles. The molecule has 2 nitrogen and oxygen atoms in total. The van der Waals surface area contributed by atoms with Gasteiger partial charge in [0.25, 0.3) is 0 Å². The molecule has 0 atom stereocenters. The lowest BCUT2D eigenvalue weighted by atomic mass is 9.98. The van der Waals surface area contributed by atoms with Crippen molar-refractivity contribution in [1.82, 2.24) is 4.98 Å². The number of nitrogens with two attached hydrogens (primary N) is 1. The van der Waals surface area contributed by atoms with Gasteiger partial charge < -0.3 is 5.73 Å². The van der Waals surface area contributed by atoms with Gasteiger partial charge in [0, 0.05) is 17.4 Å². The molecule has 13 heavy (non-hydrogen) atoms. The topological polar surface area (TPSA) is 38.9 Å². The van der Waals surface area contributed by atoms with Gasteiger partial charge in [-0.15, -0.1) is 0 Å². The fourth-order valence-corrected chi connectivity index (χ4v) is 1.73. The van der Waals surface area contributed by atoms with E-state index < -0.39 is 0 Å². The molecule has 1 fully saturated rings. The van der Waals surface area contributed by atoms with Crippen LogP contribution in [0.25, 0.3) is 0 Å². The third-order valence-corrected chi connectivity index (χ3v) is 3.22. The van der Waals surface area contributed by atoms with E-state index in [0.29, 0.717) is 0 Å². The molecule has 0 spiro atoms. The highest BCUT2D eigenvalue weighted by Crippen LogP contribution is 2.44. The second-order valence-corrected chi connectivity index (χ2v) is 4.16. The van der Waals surface area contributed by atoms with Crippen molar-refractivity contribution in [2.24, 2.45) is 5.73 Å². The average Bonchev–Trinajstić information content (AvgIpc) is 2.80. The summed E-state index contributed by atoms with van der Waals surface area (Å²) < 4.78 is 0. The first-order chi connectivity index (χ1) is 6.04. The third kappa shape index (κ3) is 1.25. The molecule has 1 aliphatic rings. The van der Waals surface area contributed by atoms with Crippen molar-refractivity contribution in [3.05, 3.63) is 28.6 Å². The molecule has 1 aliphatic carbocycles. The van der Waals surface area contributed by atoms with E-state index in [4.69, 9.17) is 5.73 Å². The Labute approximate surface area is 79.2 Å². The zero-order valence-corrected chi connectivity index (χ0v) is 8.52. The minimum Gasteiger partial charge on any atom is -0.321 e. The maximum absolute atomic E-state index is 6.15. The van der Waals surface area contributed by atoms with Crippen molar-refractivity contribution in [2.45, 2.75) is 39.2 Å². The summed E-state index contributed by atoms with van der Waals surface area (Å²) in [5, 5.41) is 0. The number of aromatic nitrogens is 1. The zero-order valence-electron chi connectivity index (χ0n) is 8.52. The summed E-state index contributed by atoms with van der Waals surface area (Å²) in [7, 11) is 0. The molecular weight excluding hydrogens is 160 g/mol. The number of nitrogens with zero attached hydrogens (tertiary/aromatic N) is 1. The van der Waals surface area contributed by atoms with E-state index in [-0.39, 0.29) is 5.54 Å². The molecule has 0 aromatic carbocycles. The summed E-state index contributed by atoms with van der Waals surface area (Å²) in [6.07, 6.45) is 4.17. The first-order valence-electron chi connectivity index (χ1n) is 4.77. The van der Waals surface area contributed by atoms with Gasteiger partial charge >= 0.3 is 0 Å². The molecule has 70 valence electrons. The van der Waals surface area contributed by atoms with Crippen molar-refractivity contribution < 1.29 is 0 Å². The second-order valence-electron chi connectivity index (χ2n) is 4.16. The molecule has 2 heteroatoms. The third-order valence-electron chi connectivity index (χ3n) is 3.22. The Morgan fingerprint density at radius 3 is 2.38 bits per heavy atom. The summed E-state index contributed by atoms with van der Waals surface area (Å²) in [5.74, 6) is 0. The minimum atomic E-state index is -0.0461. The van der Waals surface area contributed by atoms with Gasteiger partial charge in [0.2, 0.25) is 0 Å². The quantitative estimate of drug-likeness (QED) is 0.710. The Hall–Kier alpha value is -0.890. The number of hydrogen-bond donors (Lipinski definition) is 1. The van der Waals surface area contributed by atoms with E-state index in [1.54, 1.807) is 0 Å². The predicted octanol–water partition coefficient (Wildman–Crippen LogP) is 1.95. The van der Waals surface area contributed by atoms with Crippen LogP contribution in [-0.4, -0.2) is 4.98 Å². The Bertz CT molecular complexity index is 351. The van der Waals surface area contributed by atoms with Crippen LogP contribution in [-0.2, 0) is 5.54 Å². The molecule has 1 aromatic rings. The van der Waals surface area contributed by atoms with Gasteiger partial charge in [-0.05, 0) is 50.3 Å². The van der Waals surface area contributed by atoms with E-state index in [9.17, 15) is 0 Å². The van der Waals surface area contributed by atoms with Gasteiger partial charge in [0.1, 0.15) is 0 Å². The monoisotopic (exact) mass is 176 g/mol. The predicted molar refractivity (Wildman–Crippen MR) is 53.5 cm³/mol. The van der Waals surface area contributed by atoms with Crippen LogP contribution in [0.1, 0.15) is 35.2 Å². The van der Waals surface area contributed by atoms with Crippen molar-refractivity contribution in [3.63, 3.8) is 0 Å². The largest absolute Gasteiger partial charge is 0.321 e. The first-order valence-corrected chi connectivity index (χ1v) is 4.77. The van der Waals surface area contributed by atoms with Gasteiger partial charge in [-0.2, -0.15) is 0 Å². The average molecular weight is 176 g/mol. The highest BCUT2D eigenvalue weighted by molar-refractivity contribution is 5.40. The van der Waals surface area contributed by atoms with Crippen LogP contribution in [0.4, 0.5) is 0 Å². The van der Waals surface area contributed by atoms with Crippen LogP contribution in [0.3, 0.4) is 0 Å². The van der Waals surface area contributed by atoms with Crippen LogP contribution in [0.5, 0.6) is 0 Å². The molecule has 0 radical (unpaired) electrons. The summed E-state index contributed by atoms with van der Waals surface area (Å²) in [6.45, 7) is 6.31. The SMILES string of the molecule is Cc1ncc(C2(N)CC2)c(C)c1C. The second kappa shape index (κ2) is 2.55. The Morgan fingerprint density at radius 1 is 1.23 bits per heavy atom. The van der Waals surface area contributed by atoms with Gasteiger partial charge in [-0.3, -0.25) is 4.98 Å². The first kappa shape index (κ1) is 8.70. The lowest BCUT2D eigenvalue weighted by molar-refractivity contribution is 0.724. The summed E-state index contributed by atoms with van der Waals surface area (Å²) in [6, 6.07) is 0. The summed E-state index contributed by atoms with van der Waals surface area (Å²) >= 11 is 0. The maximum atomic E-state index is 6.15. The Balaban J connectivity index is 2.54. The smallest absolute Gasteiger partial charge is 0.0429 e. The van der Waals surface area contributed by atoms with E-state index in [2.05, 4.69) is 18.8 Å². The summed E-state index contributed by atoms with van der Waals surface area (Å²) in [4.78, 5) is 4.37. The molecule has 0 bridgehead atoms. The van der Waals surface area contributed by atoms with Gasteiger partial charge in [-0.25, -0.2) is 0 Å². The van der Waals surface area contributed by atoms with Crippen molar-refractivity contribution in [2.75, 3.05) is 0 Å². The molecule has 1 heterocycles. The number of aryl methyl sites for hydroxylation is 1. The van der Waals surface area contributed by atoms with E-state index in [1.165, 1.54) is 16.7 Å². The fraction of sp³-hybridized carbons (Fsp3) is 0.545. The Kier molecular flexibility index (Phi) is 1.70. The lowest BCUT2D eigenvalue weighted by Gasteiger charge is -2.15. The lowest BCUT2D eigenvalue weighted by Crippen LogP contribution is -2.21. The molecular formula is C11H16N2. The minimum absolute atomic E-state index is 0.0461. The van der Waals surface area contributed by atoms with Crippen LogP contribution < -0.4 is 5.73 Å². The highest BCUT2D eigenvalue weighted by Gasteiger charge is 2.41. The van der Waals surface area contributed by atoms with Gasteiger partial charge in [0.05, 0.1) is 0 Å². The standard InChI is InChI=1S/C11H16N2/c1-7-8(2)10(6-13-9(7)3)11(12)4-5-11/h6H,4-5,12H2,1-3H3. The van der Waals surface area contributed by atoms with Gasteiger partial charge in [0.15, 0.2) is 0 Å². The van der Waals surface area contributed by atoms with Crippen molar-refractivity contribution in [3.8, 4) is 0 Å². The highest BCUT2D eigenvalue weighted by atomic mass is 14.8. The van der Waals surface area contributed by atoms with Crippen LogP contribution in [0.2, 0.25) is 0 Å². The zero-order chi connectivity index (χ0) is 9.64. The molecule has 0 aliphatic heterocycles. The number of pyridine rings is 1. The normalized spacial score (nSPS) is 18.8. The van der Waals surface area contributed by atoms with Crippen LogP contribution in [0.15, 0.2) is 6.20 Å². The fourth-order valence-electron chi connectivity index (χ4n) is 1.73. The molecule has 0 unspecified atom stereocenters. The number of rotatable bonds is 1. The maximum Gasteiger partial charge on any atom is 0.0429 e. The number of hydrogen-bond acceptors (Lipinski definition) is 2. The van der Waals surface area contributed by atoms with Crippen molar-refractivity contribution in [1.29, 1.82) is 0 Å². The van der Waals surface area contributed by atoms with Crippen LogP contribution >= 0.6 is 0 Å². The molecule has 0 amide bonds. The van der Waals surface area contributed by atoms with Crippen molar-refractivity contribution >= 4 is 0 Å². The molecule has 1 saturated carbocycles. The molecule has 2 N–H and O–H groups in total. The van der Waals surface area contributed by atoms with Gasteiger partial charge in [-0.1, -0.05) is 0 Å². The van der Waals surface area contributed by atoms with E-state index in [1.807, 2.05) is 13.1 Å². The van der Waals surface area contributed by atoms with E-state index >= 15 is 0 Å². The molecule has 2 rings (SSSR count). The van der Waals surface area contributed by atoms with Crippen LogP contribution in [0, 0.1) is 20.8 Å².